The van der Waals surface area contributed by atoms with Crippen molar-refractivity contribution in [3.8, 4) is 16.9 Å². The third-order valence-electron chi connectivity index (χ3n) is 5.71. The summed E-state index contributed by atoms with van der Waals surface area (Å²) < 4.78 is 67.1. The molecule has 0 aromatic heterocycles. The molecule has 10 heteroatoms. The number of amides is 1. The van der Waals surface area contributed by atoms with E-state index in [-0.39, 0.29) is 16.6 Å². The number of anilines is 1. The van der Waals surface area contributed by atoms with E-state index in [1.54, 1.807) is 30.3 Å². The van der Waals surface area contributed by atoms with E-state index in [1.165, 1.54) is 43.4 Å². The van der Waals surface area contributed by atoms with Gasteiger partial charge in [-0.05, 0) is 73.0 Å². The van der Waals surface area contributed by atoms with E-state index >= 15 is 0 Å². The number of rotatable bonds is 7. The minimum atomic E-state index is -4.78. The third-order valence-corrected chi connectivity index (χ3v) is 7.14. The molecule has 0 unspecified atom stereocenters. The number of alkyl halides is 3. The van der Waals surface area contributed by atoms with Crippen LogP contribution >= 0.6 is 0 Å². The Morgan fingerprint density at radius 1 is 0.941 bits per heavy atom. The molecule has 1 fully saturated rings. The van der Waals surface area contributed by atoms with Crippen LogP contribution in [-0.4, -0.2) is 27.7 Å². The van der Waals surface area contributed by atoms with Gasteiger partial charge in [0.1, 0.15) is 5.75 Å². The third kappa shape index (κ3) is 5.07. The fourth-order valence-electron chi connectivity index (χ4n) is 3.72. The molecule has 178 valence electrons. The van der Waals surface area contributed by atoms with Gasteiger partial charge in [-0.25, -0.2) is 13.1 Å². The van der Waals surface area contributed by atoms with Crippen molar-refractivity contribution in [2.45, 2.75) is 29.5 Å². The van der Waals surface area contributed by atoms with Crippen LogP contribution in [0.15, 0.2) is 77.7 Å². The lowest BCUT2D eigenvalue weighted by atomic mass is 9.94. The van der Waals surface area contributed by atoms with Gasteiger partial charge >= 0.3 is 6.36 Å². The molecule has 34 heavy (non-hydrogen) atoms. The molecular formula is C24H21F3N2O4S. The molecule has 0 atom stereocenters. The molecule has 0 heterocycles. The molecule has 3 aromatic rings. The van der Waals surface area contributed by atoms with Gasteiger partial charge in [0.15, 0.2) is 0 Å². The number of halogens is 3. The lowest BCUT2D eigenvalue weighted by Gasteiger charge is -2.17. The van der Waals surface area contributed by atoms with Crippen molar-refractivity contribution in [1.82, 2.24) is 4.72 Å². The summed E-state index contributed by atoms with van der Waals surface area (Å²) in [5.41, 5.74) is 1.93. The Labute approximate surface area is 194 Å². The summed E-state index contributed by atoms with van der Waals surface area (Å²) in [5.74, 6) is -0.585. The molecule has 1 amide bonds. The van der Waals surface area contributed by atoms with Crippen LogP contribution in [0.1, 0.15) is 18.4 Å². The summed E-state index contributed by atoms with van der Waals surface area (Å²) in [6.07, 6.45) is -3.61. The van der Waals surface area contributed by atoms with Crippen molar-refractivity contribution < 1.29 is 31.1 Å². The van der Waals surface area contributed by atoms with Crippen LogP contribution in [0.4, 0.5) is 18.9 Å². The molecular weight excluding hydrogens is 469 g/mol. The maximum absolute atomic E-state index is 13.1. The van der Waals surface area contributed by atoms with E-state index < -0.39 is 21.8 Å². The number of sulfonamides is 1. The van der Waals surface area contributed by atoms with Crippen molar-refractivity contribution in [1.29, 1.82) is 0 Å². The maximum atomic E-state index is 13.1. The number of carbonyl (C=O) groups excluding carboxylic acids is 1. The van der Waals surface area contributed by atoms with E-state index in [2.05, 4.69) is 14.8 Å². The van der Waals surface area contributed by atoms with Gasteiger partial charge in [-0.2, -0.15) is 0 Å². The zero-order chi connectivity index (χ0) is 24.6. The fraction of sp³-hybridized carbons (Fsp3) is 0.208. The van der Waals surface area contributed by atoms with Crippen molar-refractivity contribution in [2.24, 2.45) is 0 Å². The average molecular weight is 491 g/mol. The highest BCUT2D eigenvalue weighted by molar-refractivity contribution is 7.89. The van der Waals surface area contributed by atoms with Crippen molar-refractivity contribution >= 4 is 21.6 Å². The first-order chi connectivity index (χ1) is 16.0. The standard InChI is InChI=1S/C24H21F3N2O4S/c1-28-34(31,32)21-11-5-16(6-12-21)17-3-2-4-19(15-17)29-22(30)23(13-14-23)18-7-9-20(10-8-18)33-24(25,26)27/h2-12,15,28H,13-14H2,1H3,(H,29,30). The second kappa shape index (κ2) is 8.77. The van der Waals surface area contributed by atoms with Gasteiger partial charge in [-0.3, -0.25) is 4.79 Å². The van der Waals surface area contributed by atoms with Crippen LogP contribution in [0.3, 0.4) is 0 Å². The summed E-state index contributed by atoms with van der Waals surface area (Å²) in [5, 5.41) is 2.89. The van der Waals surface area contributed by atoms with Gasteiger partial charge in [-0.1, -0.05) is 36.4 Å². The number of nitrogens with one attached hydrogen (secondary N) is 2. The molecule has 0 aliphatic heterocycles. The van der Waals surface area contributed by atoms with Crippen molar-refractivity contribution in [2.75, 3.05) is 12.4 Å². The van der Waals surface area contributed by atoms with Gasteiger partial charge in [0.2, 0.25) is 15.9 Å². The Kier molecular flexibility index (Phi) is 6.13. The van der Waals surface area contributed by atoms with E-state index in [0.717, 1.165) is 11.1 Å². The van der Waals surface area contributed by atoms with E-state index in [9.17, 15) is 26.4 Å². The number of carbonyl (C=O) groups is 1. The first kappa shape index (κ1) is 23.8. The number of hydrogen-bond donors (Lipinski definition) is 2. The second-order valence-corrected chi connectivity index (χ2v) is 9.81. The SMILES string of the molecule is CNS(=O)(=O)c1ccc(-c2cccc(NC(=O)C3(c4ccc(OC(F)(F)F)cc4)CC3)c2)cc1. The Hall–Kier alpha value is -3.37. The predicted molar refractivity (Wildman–Crippen MR) is 121 cm³/mol. The molecule has 4 rings (SSSR count). The molecule has 6 nitrogen and oxygen atoms in total. The molecule has 0 bridgehead atoms. The molecule has 1 aliphatic rings. The van der Waals surface area contributed by atoms with Gasteiger partial charge < -0.3 is 10.1 Å². The number of benzene rings is 3. The molecule has 0 spiro atoms. The molecule has 1 aliphatic carbocycles. The summed E-state index contributed by atoms with van der Waals surface area (Å²) in [4.78, 5) is 13.2. The second-order valence-electron chi connectivity index (χ2n) is 7.92. The minimum Gasteiger partial charge on any atom is -0.406 e. The van der Waals surface area contributed by atoms with Crippen LogP contribution in [0.2, 0.25) is 0 Å². The van der Waals surface area contributed by atoms with E-state index in [4.69, 9.17) is 0 Å². The molecule has 1 saturated carbocycles. The average Bonchev–Trinajstić information content (AvgIpc) is 3.61. The van der Waals surface area contributed by atoms with Crippen LogP contribution in [0.5, 0.6) is 5.75 Å². The van der Waals surface area contributed by atoms with Crippen LogP contribution < -0.4 is 14.8 Å². The number of ether oxygens (including phenoxy) is 1. The highest BCUT2D eigenvalue weighted by atomic mass is 32.2. The number of hydrogen-bond acceptors (Lipinski definition) is 4. The summed E-state index contributed by atoms with van der Waals surface area (Å²) in [6.45, 7) is 0. The normalized spacial score (nSPS) is 14.9. The van der Waals surface area contributed by atoms with Gasteiger partial charge in [-0.15, -0.1) is 13.2 Å². The van der Waals surface area contributed by atoms with Gasteiger partial charge in [0.05, 0.1) is 10.3 Å². The molecule has 3 aromatic carbocycles. The van der Waals surface area contributed by atoms with Crippen molar-refractivity contribution in [3.63, 3.8) is 0 Å². The Bertz CT molecular complexity index is 1300. The van der Waals surface area contributed by atoms with Crippen LogP contribution in [0, 0.1) is 0 Å². The fourth-order valence-corrected chi connectivity index (χ4v) is 4.45. The highest BCUT2D eigenvalue weighted by Crippen LogP contribution is 2.49. The lowest BCUT2D eigenvalue weighted by molar-refractivity contribution is -0.274. The summed E-state index contributed by atoms with van der Waals surface area (Å²) >= 11 is 0. The quantitative estimate of drug-likeness (QED) is 0.497. The zero-order valence-corrected chi connectivity index (χ0v) is 18.8. The zero-order valence-electron chi connectivity index (χ0n) is 18.0. The summed E-state index contributed by atoms with van der Waals surface area (Å²) in [6, 6.07) is 18.8. The van der Waals surface area contributed by atoms with E-state index in [0.29, 0.717) is 24.1 Å². The Balaban J connectivity index is 1.49. The van der Waals surface area contributed by atoms with Crippen molar-refractivity contribution in [3.05, 3.63) is 78.4 Å². The Morgan fingerprint density at radius 3 is 2.15 bits per heavy atom. The monoisotopic (exact) mass is 490 g/mol. The maximum Gasteiger partial charge on any atom is 0.573 e. The lowest BCUT2D eigenvalue weighted by Crippen LogP contribution is -2.27. The molecule has 0 radical (unpaired) electrons. The van der Waals surface area contributed by atoms with Gasteiger partial charge in [0.25, 0.3) is 0 Å². The molecule has 2 N–H and O–H groups in total. The highest BCUT2D eigenvalue weighted by Gasteiger charge is 2.51. The first-order valence-corrected chi connectivity index (χ1v) is 11.8. The van der Waals surface area contributed by atoms with E-state index in [1.807, 2.05) is 6.07 Å². The minimum absolute atomic E-state index is 0.144. The first-order valence-electron chi connectivity index (χ1n) is 10.3. The summed E-state index contributed by atoms with van der Waals surface area (Å²) in [7, 11) is -2.20. The molecule has 0 saturated heterocycles. The largest absolute Gasteiger partial charge is 0.573 e. The van der Waals surface area contributed by atoms with Crippen LogP contribution in [-0.2, 0) is 20.2 Å². The topological polar surface area (TPSA) is 84.5 Å². The smallest absolute Gasteiger partial charge is 0.406 e. The van der Waals surface area contributed by atoms with Crippen LogP contribution in [0.25, 0.3) is 11.1 Å². The van der Waals surface area contributed by atoms with Gasteiger partial charge in [0, 0.05) is 5.69 Å². The Morgan fingerprint density at radius 2 is 1.59 bits per heavy atom. The predicted octanol–water partition coefficient (Wildman–Crippen LogP) is 4.83.